The molecule has 1 amide bonds. The second-order valence-corrected chi connectivity index (χ2v) is 10.5. The standard InChI is InChI=1S/C23H24N4O4S2/c1-2-13-27-22(29)19-7-3-4-8-20(19)25-23(27)32-16-21(28)24-17-9-11-18(12-10-17)33(30,31)26-14-5-6-15-26/h2-4,7-12H,1,5-6,13-16H2,(H,24,28). The third-order valence-electron chi connectivity index (χ3n) is 5.31. The van der Waals surface area contributed by atoms with Crippen molar-refractivity contribution in [1.82, 2.24) is 13.9 Å². The van der Waals surface area contributed by atoms with E-state index < -0.39 is 10.0 Å². The number of carbonyl (C=O) groups excluding carboxylic acids is 1. The molecule has 33 heavy (non-hydrogen) atoms. The van der Waals surface area contributed by atoms with Crippen LogP contribution < -0.4 is 10.9 Å². The lowest BCUT2D eigenvalue weighted by molar-refractivity contribution is -0.113. The number of thioether (sulfide) groups is 1. The van der Waals surface area contributed by atoms with Crippen LogP contribution in [0.4, 0.5) is 5.69 Å². The summed E-state index contributed by atoms with van der Waals surface area (Å²) in [4.78, 5) is 30.0. The van der Waals surface area contributed by atoms with Gasteiger partial charge < -0.3 is 5.32 Å². The molecule has 8 nitrogen and oxygen atoms in total. The number of allylic oxidation sites excluding steroid dienone is 1. The van der Waals surface area contributed by atoms with Crippen LogP contribution in [0, 0.1) is 0 Å². The lowest BCUT2D eigenvalue weighted by Crippen LogP contribution is -2.27. The van der Waals surface area contributed by atoms with E-state index in [1.807, 2.05) is 0 Å². The molecular weight excluding hydrogens is 460 g/mol. The van der Waals surface area contributed by atoms with Gasteiger partial charge >= 0.3 is 0 Å². The minimum atomic E-state index is -3.49. The largest absolute Gasteiger partial charge is 0.325 e. The molecule has 1 fully saturated rings. The fourth-order valence-corrected chi connectivity index (χ4v) is 5.99. The molecule has 1 aliphatic rings. The lowest BCUT2D eigenvalue weighted by Gasteiger charge is -2.15. The molecule has 1 saturated heterocycles. The number of amides is 1. The molecule has 1 N–H and O–H groups in total. The zero-order valence-electron chi connectivity index (χ0n) is 17.9. The maximum Gasteiger partial charge on any atom is 0.262 e. The van der Waals surface area contributed by atoms with E-state index in [0.29, 0.717) is 34.8 Å². The Bertz CT molecular complexity index is 1350. The maximum absolute atomic E-state index is 12.8. The SMILES string of the molecule is C=CCn1c(SCC(=O)Nc2ccc(S(=O)(=O)N3CCCC3)cc2)nc2ccccc2c1=O. The highest BCUT2D eigenvalue weighted by molar-refractivity contribution is 7.99. The second-order valence-electron chi connectivity index (χ2n) is 7.59. The molecule has 0 bridgehead atoms. The van der Waals surface area contributed by atoms with E-state index in [0.717, 1.165) is 24.6 Å². The number of hydrogen-bond donors (Lipinski definition) is 1. The Morgan fingerprint density at radius 2 is 1.82 bits per heavy atom. The molecule has 0 saturated carbocycles. The number of sulfonamides is 1. The number of carbonyl (C=O) groups is 1. The van der Waals surface area contributed by atoms with Crippen LogP contribution in [0.1, 0.15) is 12.8 Å². The smallest absolute Gasteiger partial charge is 0.262 e. The highest BCUT2D eigenvalue weighted by atomic mass is 32.2. The zero-order valence-corrected chi connectivity index (χ0v) is 19.6. The van der Waals surface area contributed by atoms with Gasteiger partial charge in [0.25, 0.3) is 5.56 Å². The molecule has 0 aliphatic carbocycles. The molecule has 172 valence electrons. The second kappa shape index (κ2) is 9.90. The van der Waals surface area contributed by atoms with Crippen molar-refractivity contribution in [1.29, 1.82) is 0 Å². The van der Waals surface area contributed by atoms with E-state index in [9.17, 15) is 18.0 Å². The first-order valence-corrected chi connectivity index (χ1v) is 13.0. The van der Waals surface area contributed by atoms with Crippen LogP contribution in [-0.2, 0) is 21.4 Å². The Kier molecular flexibility index (Phi) is 6.96. The molecule has 0 radical (unpaired) electrons. The van der Waals surface area contributed by atoms with E-state index in [2.05, 4.69) is 16.9 Å². The average molecular weight is 485 g/mol. The molecule has 1 aliphatic heterocycles. The van der Waals surface area contributed by atoms with E-state index in [4.69, 9.17) is 0 Å². The summed E-state index contributed by atoms with van der Waals surface area (Å²) in [6, 6.07) is 13.2. The summed E-state index contributed by atoms with van der Waals surface area (Å²) in [5.41, 5.74) is 0.884. The van der Waals surface area contributed by atoms with Gasteiger partial charge in [-0.3, -0.25) is 14.2 Å². The number of nitrogens with zero attached hydrogens (tertiary/aromatic N) is 3. The molecule has 3 aromatic rings. The minimum Gasteiger partial charge on any atom is -0.325 e. The van der Waals surface area contributed by atoms with Gasteiger partial charge in [0.2, 0.25) is 15.9 Å². The zero-order chi connectivity index (χ0) is 23.4. The molecule has 2 aromatic carbocycles. The minimum absolute atomic E-state index is 0.0375. The van der Waals surface area contributed by atoms with Gasteiger partial charge in [0, 0.05) is 25.3 Å². The number of anilines is 1. The van der Waals surface area contributed by atoms with E-state index in [1.165, 1.54) is 21.0 Å². The fourth-order valence-electron chi connectivity index (χ4n) is 3.66. The van der Waals surface area contributed by atoms with Gasteiger partial charge in [-0.25, -0.2) is 13.4 Å². The van der Waals surface area contributed by atoms with Crippen molar-refractivity contribution in [3.8, 4) is 0 Å². The maximum atomic E-state index is 12.8. The average Bonchev–Trinajstić information content (AvgIpc) is 3.36. The van der Waals surface area contributed by atoms with Crippen LogP contribution in [0.25, 0.3) is 10.9 Å². The van der Waals surface area contributed by atoms with Crippen molar-refractivity contribution in [2.45, 2.75) is 29.4 Å². The normalized spacial score (nSPS) is 14.4. The fraction of sp³-hybridized carbons (Fsp3) is 0.261. The van der Waals surface area contributed by atoms with E-state index in [-0.39, 0.29) is 28.7 Å². The van der Waals surface area contributed by atoms with Crippen LogP contribution in [0.2, 0.25) is 0 Å². The molecule has 0 spiro atoms. The monoisotopic (exact) mass is 484 g/mol. The van der Waals surface area contributed by atoms with Crippen LogP contribution in [0.5, 0.6) is 0 Å². The van der Waals surface area contributed by atoms with Crippen molar-refractivity contribution in [2.24, 2.45) is 0 Å². The van der Waals surface area contributed by atoms with E-state index >= 15 is 0 Å². The van der Waals surface area contributed by atoms with Gasteiger partial charge in [-0.1, -0.05) is 30.0 Å². The number of aromatic nitrogens is 2. The number of para-hydroxylation sites is 1. The first-order valence-electron chi connectivity index (χ1n) is 10.5. The lowest BCUT2D eigenvalue weighted by atomic mass is 10.2. The molecule has 1 aromatic heterocycles. The van der Waals surface area contributed by atoms with Crippen LogP contribution in [0.15, 0.2) is 76.0 Å². The van der Waals surface area contributed by atoms with Crippen molar-refractivity contribution in [3.05, 3.63) is 71.5 Å². The summed E-state index contributed by atoms with van der Waals surface area (Å²) in [6.07, 6.45) is 3.36. The molecular formula is C23H24N4O4S2. The van der Waals surface area contributed by atoms with Crippen molar-refractivity contribution < 1.29 is 13.2 Å². The van der Waals surface area contributed by atoms with Gasteiger partial charge in [0.05, 0.1) is 21.6 Å². The number of hydrogen-bond acceptors (Lipinski definition) is 6. The van der Waals surface area contributed by atoms with Crippen molar-refractivity contribution in [2.75, 3.05) is 24.2 Å². The van der Waals surface area contributed by atoms with Gasteiger partial charge in [-0.05, 0) is 49.2 Å². The molecule has 10 heteroatoms. The Morgan fingerprint density at radius 1 is 1.12 bits per heavy atom. The van der Waals surface area contributed by atoms with Crippen LogP contribution >= 0.6 is 11.8 Å². The highest BCUT2D eigenvalue weighted by Gasteiger charge is 2.27. The summed E-state index contributed by atoms with van der Waals surface area (Å²) >= 11 is 1.16. The summed E-state index contributed by atoms with van der Waals surface area (Å²) in [5.74, 6) is -0.252. The Morgan fingerprint density at radius 3 is 2.52 bits per heavy atom. The van der Waals surface area contributed by atoms with Gasteiger partial charge in [0.15, 0.2) is 5.16 Å². The molecule has 0 atom stereocenters. The predicted octanol–water partition coefficient (Wildman–Crippen LogP) is 3.10. The number of nitrogens with one attached hydrogen (secondary N) is 1. The Hall–Kier alpha value is -2.95. The molecule has 4 rings (SSSR count). The summed E-state index contributed by atoms with van der Waals surface area (Å²) in [7, 11) is -3.49. The first kappa shape index (κ1) is 23.2. The quantitative estimate of drug-likeness (QED) is 0.300. The Balaban J connectivity index is 1.44. The van der Waals surface area contributed by atoms with Gasteiger partial charge in [-0.2, -0.15) is 4.31 Å². The summed E-state index contributed by atoms with van der Waals surface area (Å²) in [6.45, 7) is 5.06. The van der Waals surface area contributed by atoms with E-state index in [1.54, 1.807) is 42.5 Å². The predicted molar refractivity (Wildman–Crippen MR) is 130 cm³/mol. The van der Waals surface area contributed by atoms with Crippen molar-refractivity contribution >= 4 is 44.3 Å². The van der Waals surface area contributed by atoms with Crippen LogP contribution in [0.3, 0.4) is 0 Å². The van der Waals surface area contributed by atoms with Crippen molar-refractivity contribution in [3.63, 3.8) is 0 Å². The third-order valence-corrected chi connectivity index (χ3v) is 8.20. The number of rotatable bonds is 8. The topological polar surface area (TPSA) is 101 Å². The summed E-state index contributed by atoms with van der Waals surface area (Å²) in [5, 5.41) is 3.70. The molecule has 0 unspecified atom stereocenters. The van der Waals surface area contributed by atoms with Gasteiger partial charge in [-0.15, -0.1) is 6.58 Å². The first-order chi connectivity index (χ1) is 15.9. The Labute approximate surface area is 196 Å². The third kappa shape index (κ3) is 5.02. The summed E-state index contributed by atoms with van der Waals surface area (Å²) < 4.78 is 28.2. The van der Waals surface area contributed by atoms with Crippen LogP contribution in [-0.4, -0.2) is 47.0 Å². The molecule has 2 heterocycles. The highest BCUT2D eigenvalue weighted by Crippen LogP contribution is 2.23. The van der Waals surface area contributed by atoms with Gasteiger partial charge in [0.1, 0.15) is 0 Å². The number of benzene rings is 2. The number of fused-ring (bicyclic) bond motifs is 1.